The number of aromatic nitrogens is 1. The quantitative estimate of drug-likeness (QED) is 0.297. The molecule has 1 amide bonds. The molecule has 0 unspecified atom stereocenters. The van der Waals surface area contributed by atoms with Gasteiger partial charge < -0.3 is 14.5 Å². The molecule has 0 atom stereocenters. The fourth-order valence-corrected chi connectivity index (χ4v) is 4.14. The lowest BCUT2D eigenvalue weighted by Crippen LogP contribution is -2.22. The molecule has 7 heteroatoms. The summed E-state index contributed by atoms with van der Waals surface area (Å²) in [4.78, 5) is 29.4. The average Bonchev–Trinajstić information content (AvgIpc) is 3.22. The maximum atomic E-state index is 12.7. The topological polar surface area (TPSA) is 81.4 Å². The van der Waals surface area contributed by atoms with E-state index in [2.05, 4.69) is 10.3 Å². The molecule has 4 aromatic rings. The normalized spacial score (nSPS) is 10.8. The molecule has 0 saturated carbocycles. The van der Waals surface area contributed by atoms with Crippen molar-refractivity contribution in [3.63, 3.8) is 0 Å². The van der Waals surface area contributed by atoms with Gasteiger partial charge in [0.15, 0.2) is 12.2 Å². The van der Waals surface area contributed by atoms with Crippen LogP contribution >= 0.6 is 11.8 Å². The lowest BCUT2D eigenvalue weighted by atomic mass is 10.1. The van der Waals surface area contributed by atoms with Crippen molar-refractivity contribution in [2.75, 3.05) is 11.9 Å². The van der Waals surface area contributed by atoms with Crippen molar-refractivity contribution >= 4 is 40.4 Å². The predicted octanol–water partition coefficient (Wildman–Crippen LogP) is 5.53. The maximum Gasteiger partial charge on any atom is 0.338 e. The second-order valence-corrected chi connectivity index (χ2v) is 8.21. The van der Waals surface area contributed by atoms with E-state index < -0.39 is 5.97 Å². The zero-order valence-electron chi connectivity index (χ0n) is 17.8. The number of benzene rings is 3. The summed E-state index contributed by atoms with van der Waals surface area (Å²) in [5.41, 5.74) is 5.34. The average molecular weight is 447 g/mol. The van der Waals surface area contributed by atoms with Crippen LogP contribution in [-0.2, 0) is 15.3 Å². The van der Waals surface area contributed by atoms with Crippen molar-refractivity contribution < 1.29 is 18.7 Å². The van der Waals surface area contributed by atoms with Gasteiger partial charge in [0.25, 0.3) is 11.1 Å². The van der Waals surface area contributed by atoms with Crippen LogP contribution in [0.1, 0.15) is 27.0 Å². The summed E-state index contributed by atoms with van der Waals surface area (Å²) in [5.74, 6) is -0.448. The van der Waals surface area contributed by atoms with E-state index in [1.165, 1.54) is 11.8 Å². The molecule has 0 bridgehead atoms. The minimum Gasteiger partial charge on any atom is -0.452 e. The molecular formula is C25H22N2O4S. The smallest absolute Gasteiger partial charge is 0.338 e. The number of rotatable bonds is 7. The standard InChI is InChI=1S/C25H22N2O4S/c1-16-8-7-9-17(2)23(16)27-22(28)14-30-24(29)19-11-4-3-10-18(19)15-32-25-26-20-12-5-6-13-21(20)31-25/h3-13H,14-15H2,1-2H3,(H,27,28). The number of anilines is 1. The van der Waals surface area contributed by atoms with Crippen LogP contribution in [0.2, 0.25) is 0 Å². The Bertz CT molecular complexity index is 1230. The van der Waals surface area contributed by atoms with Gasteiger partial charge in [0.2, 0.25) is 0 Å². The van der Waals surface area contributed by atoms with E-state index in [-0.39, 0.29) is 12.5 Å². The molecule has 162 valence electrons. The molecule has 0 aliphatic carbocycles. The number of hydrogen-bond donors (Lipinski definition) is 1. The lowest BCUT2D eigenvalue weighted by Gasteiger charge is -2.12. The van der Waals surface area contributed by atoms with Gasteiger partial charge >= 0.3 is 5.97 Å². The Morgan fingerprint density at radius 2 is 1.69 bits per heavy atom. The van der Waals surface area contributed by atoms with Crippen molar-refractivity contribution in [1.82, 2.24) is 4.98 Å². The molecule has 32 heavy (non-hydrogen) atoms. The number of para-hydroxylation sites is 3. The minimum atomic E-state index is -0.546. The van der Waals surface area contributed by atoms with E-state index >= 15 is 0 Å². The Morgan fingerprint density at radius 3 is 2.47 bits per heavy atom. The fraction of sp³-hybridized carbons (Fsp3) is 0.160. The van der Waals surface area contributed by atoms with E-state index in [4.69, 9.17) is 9.15 Å². The van der Waals surface area contributed by atoms with E-state index in [9.17, 15) is 9.59 Å². The van der Waals surface area contributed by atoms with Gasteiger partial charge in [0, 0.05) is 11.4 Å². The SMILES string of the molecule is Cc1cccc(C)c1NC(=O)COC(=O)c1ccccc1CSc1nc2ccccc2o1. The third kappa shape index (κ3) is 5.00. The molecule has 3 aromatic carbocycles. The molecule has 0 fully saturated rings. The van der Waals surface area contributed by atoms with Crippen molar-refractivity contribution in [3.05, 3.63) is 89.0 Å². The Hall–Kier alpha value is -3.58. The molecule has 1 aromatic heterocycles. The highest BCUT2D eigenvalue weighted by molar-refractivity contribution is 7.98. The van der Waals surface area contributed by atoms with Crippen molar-refractivity contribution in [3.8, 4) is 0 Å². The van der Waals surface area contributed by atoms with Gasteiger partial charge in [-0.05, 0) is 48.7 Å². The third-order valence-corrected chi connectivity index (χ3v) is 5.82. The molecule has 0 spiro atoms. The first-order valence-electron chi connectivity index (χ1n) is 10.1. The van der Waals surface area contributed by atoms with Gasteiger partial charge in [-0.25, -0.2) is 9.78 Å². The van der Waals surface area contributed by atoms with Gasteiger partial charge in [-0.15, -0.1) is 0 Å². The summed E-state index contributed by atoms with van der Waals surface area (Å²) in [6.07, 6.45) is 0. The van der Waals surface area contributed by atoms with Gasteiger partial charge in [0.1, 0.15) is 5.52 Å². The Morgan fingerprint density at radius 1 is 0.969 bits per heavy atom. The Labute approximate surface area is 190 Å². The molecule has 0 radical (unpaired) electrons. The van der Waals surface area contributed by atoms with Crippen molar-refractivity contribution in [2.24, 2.45) is 0 Å². The molecule has 0 aliphatic rings. The first-order valence-corrected chi connectivity index (χ1v) is 11.1. The number of ether oxygens (including phenoxy) is 1. The van der Waals surface area contributed by atoms with Gasteiger partial charge in [-0.3, -0.25) is 4.79 Å². The molecule has 0 saturated heterocycles. The van der Waals surface area contributed by atoms with Crippen LogP contribution in [0, 0.1) is 13.8 Å². The first kappa shape index (κ1) is 21.6. The molecule has 1 heterocycles. The molecule has 6 nitrogen and oxygen atoms in total. The highest BCUT2D eigenvalue weighted by Crippen LogP contribution is 2.27. The second-order valence-electron chi connectivity index (χ2n) is 7.28. The number of hydrogen-bond acceptors (Lipinski definition) is 6. The number of thioether (sulfide) groups is 1. The summed E-state index contributed by atoms with van der Waals surface area (Å²) in [6.45, 7) is 3.47. The van der Waals surface area contributed by atoms with E-state index in [0.717, 1.165) is 33.5 Å². The van der Waals surface area contributed by atoms with Crippen LogP contribution in [0.25, 0.3) is 11.1 Å². The van der Waals surface area contributed by atoms with Crippen LogP contribution in [0.3, 0.4) is 0 Å². The lowest BCUT2D eigenvalue weighted by molar-refractivity contribution is -0.119. The summed E-state index contributed by atoms with van der Waals surface area (Å²) in [7, 11) is 0. The number of aryl methyl sites for hydroxylation is 2. The Balaban J connectivity index is 1.38. The number of oxazole rings is 1. The molecule has 4 rings (SSSR count). The number of esters is 1. The summed E-state index contributed by atoms with van der Waals surface area (Å²) < 4.78 is 11.0. The summed E-state index contributed by atoms with van der Waals surface area (Å²) in [6, 6.07) is 20.5. The van der Waals surface area contributed by atoms with Crippen LogP contribution < -0.4 is 5.32 Å². The van der Waals surface area contributed by atoms with Crippen LogP contribution in [-0.4, -0.2) is 23.5 Å². The monoisotopic (exact) mass is 446 g/mol. The van der Waals surface area contributed by atoms with E-state index in [0.29, 0.717) is 16.5 Å². The molecular weight excluding hydrogens is 424 g/mol. The van der Waals surface area contributed by atoms with Crippen molar-refractivity contribution in [1.29, 1.82) is 0 Å². The van der Waals surface area contributed by atoms with E-state index in [1.807, 2.05) is 68.4 Å². The van der Waals surface area contributed by atoms with Crippen LogP contribution in [0.4, 0.5) is 5.69 Å². The minimum absolute atomic E-state index is 0.362. The fourth-order valence-electron chi connectivity index (χ4n) is 3.29. The van der Waals surface area contributed by atoms with Crippen LogP contribution in [0.5, 0.6) is 0 Å². The third-order valence-electron chi connectivity index (χ3n) is 4.94. The highest BCUT2D eigenvalue weighted by Gasteiger charge is 2.16. The van der Waals surface area contributed by atoms with Gasteiger partial charge in [-0.1, -0.05) is 60.3 Å². The van der Waals surface area contributed by atoms with E-state index in [1.54, 1.807) is 12.1 Å². The number of carbonyl (C=O) groups is 2. The highest BCUT2D eigenvalue weighted by atomic mass is 32.2. The zero-order chi connectivity index (χ0) is 22.5. The number of nitrogens with one attached hydrogen (secondary N) is 1. The number of amides is 1. The second kappa shape index (κ2) is 9.70. The first-order chi connectivity index (χ1) is 15.5. The largest absolute Gasteiger partial charge is 0.452 e. The number of carbonyl (C=O) groups excluding carboxylic acids is 2. The summed E-state index contributed by atoms with van der Waals surface area (Å²) in [5, 5.41) is 3.35. The van der Waals surface area contributed by atoms with Gasteiger partial charge in [-0.2, -0.15) is 0 Å². The van der Waals surface area contributed by atoms with Crippen LogP contribution in [0.15, 0.2) is 76.4 Å². The van der Waals surface area contributed by atoms with Gasteiger partial charge in [0.05, 0.1) is 5.56 Å². The number of fused-ring (bicyclic) bond motifs is 1. The summed E-state index contributed by atoms with van der Waals surface area (Å²) >= 11 is 1.40. The number of nitrogens with zero attached hydrogens (tertiary/aromatic N) is 1. The molecule has 0 aliphatic heterocycles. The Kier molecular flexibility index (Phi) is 6.56. The van der Waals surface area contributed by atoms with Crippen molar-refractivity contribution in [2.45, 2.75) is 24.8 Å². The predicted molar refractivity (Wildman–Crippen MR) is 125 cm³/mol. The molecule has 1 N–H and O–H groups in total. The zero-order valence-corrected chi connectivity index (χ0v) is 18.6. The maximum absolute atomic E-state index is 12.7.